The molecule has 0 bridgehead atoms. The Labute approximate surface area is 114 Å². The molecular formula is C15H10ClNS. The zero-order valence-corrected chi connectivity index (χ0v) is 11.1. The molecule has 3 aromatic rings. The largest absolute Gasteiger partial charge is 0.364 e. The minimum atomic E-state index is -0.109. The van der Waals surface area contributed by atoms with E-state index in [2.05, 4.69) is 47.8 Å². The van der Waals surface area contributed by atoms with Crippen LogP contribution in [-0.4, -0.2) is 5.50 Å². The molecule has 0 radical (unpaired) electrons. The molecule has 1 aliphatic rings. The number of anilines is 1. The van der Waals surface area contributed by atoms with Gasteiger partial charge in [0.25, 0.3) is 0 Å². The summed E-state index contributed by atoms with van der Waals surface area (Å²) in [6.07, 6.45) is 4.10. The van der Waals surface area contributed by atoms with Crippen LogP contribution in [0.15, 0.2) is 42.5 Å². The first kappa shape index (κ1) is 10.4. The second-order valence-corrected chi connectivity index (χ2v) is 6.00. The highest BCUT2D eigenvalue weighted by Crippen LogP contribution is 2.41. The Morgan fingerprint density at radius 2 is 1.89 bits per heavy atom. The molecule has 4 rings (SSSR count). The summed E-state index contributed by atoms with van der Waals surface area (Å²) >= 11 is 7.94. The van der Waals surface area contributed by atoms with E-state index in [9.17, 15) is 0 Å². The molecule has 0 fully saturated rings. The van der Waals surface area contributed by atoms with Gasteiger partial charge >= 0.3 is 0 Å². The molecule has 18 heavy (non-hydrogen) atoms. The molecule has 1 atom stereocenters. The second kappa shape index (κ2) is 3.74. The normalized spacial score (nSPS) is 17.9. The van der Waals surface area contributed by atoms with Crippen molar-refractivity contribution in [1.82, 2.24) is 0 Å². The van der Waals surface area contributed by atoms with E-state index in [1.165, 1.54) is 31.4 Å². The lowest BCUT2D eigenvalue weighted by atomic mass is 10.1. The van der Waals surface area contributed by atoms with Crippen molar-refractivity contribution in [3.05, 3.63) is 47.4 Å². The molecule has 0 saturated heterocycles. The van der Waals surface area contributed by atoms with Crippen molar-refractivity contribution in [2.75, 3.05) is 5.32 Å². The van der Waals surface area contributed by atoms with Crippen LogP contribution in [0.4, 0.5) is 5.69 Å². The van der Waals surface area contributed by atoms with Crippen LogP contribution in [-0.2, 0) is 0 Å². The van der Waals surface area contributed by atoms with E-state index in [1.807, 2.05) is 17.4 Å². The number of benzene rings is 2. The zero-order chi connectivity index (χ0) is 12.1. The van der Waals surface area contributed by atoms with Crippen LogP contribution in [0.25, 0.3) is 26.9 Å². The number of hydrogen-bond donors (Lipinski definition) is 1. The minimum Gasteiger partial charge on any atom is -0.364 e. The number of hydrogen-bond acceptors (Lipinski definition) is 2. The molecule has 3 heteroatoms. The van der Waals surface area contributed by atoms with Gasteiger partial charge < -0.3 is 5.32 Å². The second-order valence-electron chi connectivity index (χ2n) is 4.44. The first-order valence-corrected chi connectivity index (χ1v) is 7.11. The Morgan fingerprint density at radius 1 is 1.11 bits per heavy atom. The fourth-order valence-corrected chi connectivity index (χ4v) is 3.72. The van der Waals surface area contributed by atoms with Crippen molar-refractivity contribution in [2.24, 2.45) is 0 Å². The lowest BCUT2D eigenvalue weighted by Crippen LogP contribution is -2.11. The Morgan fingerprint density at radius 3 is 2.72 bits per heavy atom. The van der Waals surface area contributed by atoms with E-state index in [0.717, 1.165) is 0 Å². The number of rotatable bonds is 0. The van der Waals surface area contributed by atoms with E-state index in [-0.39, 0.29) is 5.50 Å². The molecule has 1 nitrogen and oxygen atoms in total. The van der Waals surface area contributed by atoms with Gasteiger partial charge in [0.15, 0.2) is 0 Å². The first-order valence-electron chi connectivity index (χ1n) is 5.85. The summed E-state index contributed by atoms with van der Waals surface area (Å²) in [6, 6.07) is 13.0. The third-order valence-electron chi connectivity index (χ3n) is 3.28. The fourth-order valence-electron chi connectivity index (χ4n) is 2.43. The van der Waals surface area contributed by atoms with Gasteiger partial charge in [-0.2, -0.15) is 0 Å². The minimum absolute atomic E-state index is 0.109. The standard InChI is InChI=1S/C15H10ClNS/c16-14-6-5-12-15(17-14)11-7-9-3-1-2-4-10(9)8-13(11)18-12/h1-8,14,17H. The van der Waals surface area contributed by atoms with Gasteiger partial charge in [-0.3, -0.25) is 0 Å². The summed E-state index contributed by atoms with van der Waals surface area (Å²) in [6.45, 7) is 0. The molecule has 1 aromatic heterocycles. The Balaban J connectivity index is 2.09. The van der Waals surface area contributed by atoms with E-state index in [4.69, 9.17) is 11.6 Å². The topological polar surface area (TPSA) is 12.0 Å². The van der Waals surface area contributed by atoms with Gasteiger partial charge in [0.2, 0.25) is 0 Å². The predicted molar refractivity (Wildman–Crippen MR) is 81.6 cm³/mol. The monoisotopic (exact) mass is 271 g/mol. The van der Waals surface area contributed by atoms with Gasteiger partial charge in [0.1, 0.15) is 5.50 Å². The molecule has 88 valence electrons. The first-order chi connectivity index (χ1) is 8.81. The van der Waals surface area contributed by atoms with E-state index in [1.54, 1.807) is 0 Å². The van der Waals surface area contributed by atoms with Gasteiger partial charge in [-0.25, -0.2) is 0 Å². The van der Waals surface area contributed by atoms with Crippen LogP contribution in [0.2, 0.25) is 0 Å². The van der Waals surface area contributed by atoms with Crippen molar-refractivity contribution in [2.45, 2.75) is 5.50 Å². The highest BCUT2D eigenvalue weighted by Gasteiger charge is 2.16. The lowest BCUT2D eigenvalue weighted by Gasteiger charge is -2.14. The fraction of sp³-hybridized carbons (Fsp3) is 0.0667. The summed E-state index contributed by atoms with van der Waals surface area (Å²) < 4.78 is 1.31. The van der Waals surface area contributed by atoms with E-state index >= 15 is 0 Å². The molecule has 0 saturated carbocycles. The zero-order valence-electron chi connectivity index (χ0n) is 9.48. The van der Waals surface area contributed by atoms with Crippen LogP contribution in [0, 0.1) is 0 Å². The number of halogens is 1. The Hall–Kier alpha value is -1.51. The Kier molecular flexibility index (Phi) is 2.16. The number of nitrogens with one attached hydrogen (secondary N) is 1. The number of alkyl halides is 1. The average Bonchev–Trinajstić information content (AvgIpc) is 2.73. The van der Waals surface area contributed by atoms with Crippen molar-refractivity contribution in [3.63, 3.8) is 0 Å². The number of fused-ring (bicyclic) bond motifs is 4. The third-order valence-corrected chi connectivity index (χ3v) is 4.65. The van der Waals surface area contributed by atoms with Gasteiger partial charge in [-0.15, -0.1) is 11.3 Å². The smallest absolute Gasteiger partial charge is 0.120 e. The van der Waals surface area contributed by atoms with Crippen molar-refractivity contribution in [3.8, 4) is 0 Å². The Bertz CT molecular complexity index is 788. The van der Waals surface area contributed by atoms with Crippen molar-refractivity contribution >= 4 is 55.6 Å². The highest BCUT2D eigenvalue weighted by atomic mass is 35.5. The van der Waals surface area contributed by atoms with Gasteiger partial charge in [-0.05, 0) is 35.1 Å². The summed E-state index contributed by atoms with van der Waals surface area (Å²) in [4.78, 5) is 1.26. The average molecular weight is 272 g/mol. The summed E-state index contributed by atoms with van der Waals surface area (Å²) in [5.41, 5.74) is 1.06. The molecule has 2 heterocycles. The maximum atomic E-state index is 6.13. The number of thiophene rings is 1. The van der Waals surface area contributed by atoms with Crippen LogP contribution in [0.5, 0.6) is 0 Å². The van der Waals surface area contributed by atoms with E-state index < -0.39 is 0 Å². The van der Waals surface area contributed by atoms with Crippen LogP contribution in [0.3, 0.4) is 0 Å². The summed E-state index contributed by atoms with van der Waals surface area (Å²) in [5, 5.41) is 7.16. The van der Waals surface area contributed by atoms with Crippen LogP contribution in [0.1, 0.15) is 4.88 Å². The lowest BCUT2D eigenvalue weighted by molar-refractivity contribution is 1.24. The molecular weight excluding hydrogens is 262 g/mol. The molecule has 0 amide bonds. The van der Waals surface area contributed by atoms with Crippen LogP contribution < -0.4 is 5.32 Å². The molecule has 1 unspecified atom stereocenters. The summed E-state index contributed by atoms with van der Waals surface area (Å²) in [7, 11) is 0. The van der Waals surface area contributed by atoms with Crippen LogP contribution >= 0.6 is 22.9 Å². The van der Waals surface area contributed by atoms with Gasteiger partial charge in [-0.1, -0.05) is 35.9 Å². The molecule has 1 aliphatic heterocycles. The third kappa shape index (κ3) is 1.46. The van der Waals surface area contributed by atoms with Crippen molar-refractivity contribution in [1.29, 1.82) is 0 Å². The van der Waals surface area contributed by atoms with E-state index in [0.29, 0.717) is 0 Å². The molecule has 1 N–H and O–H groups in total. The van der Waals surface area contributed by atoms with Crippen molar-refractivity contribution < 1.29 is 0 Å². The SMILES string of the molecule is ClC1C=Cc2sc3cc4ccccc4cc3c2N1. The molecule has 0 spiro atoms. The van der Waals surface area contributed by atoms with Gasteiger partial charge in [0, 0.05) is 10.1 Å². The highest BCUT2D eigenvalue weighted by molar-refractivity contribution is 7.20. The molecule has 0 aliphatic carbocycles. The summed E-state index contributed by atoms with van der Waals surface area (Å²) in [5.74, 6) is 0. The quantitative estimate of drug-likeness (QED) is 0.445. The molecule has 2 aromatic carbocycles. The predicted octanol–water partition coefficient (Wildman–Crippen LogP) is 5.06. The maximum absolute atomic E-state index is 6.13. The maximum Gasteiger partial charge on any atom is 0.120 e. The van der Waals surface area contributed by atoms with Gasteiger partial charge in [0.05, 0.1) is 10.6 Å².